The molecule has 1 rings (SSSR count). The molecule has 0 atom stereocenters. The van der Waals surface area contributed by atoms with Crippen molar-refractivity contribution in [1.29, 1.82) is 0 Å². The third-order valence-corrected chi connectivity index (χ3v) is 3.41. The van der Waals surface area contributed by atoms with Crippen molar-refractivity contribution in [3.63, 3.8) is 0 Å². The Morgan fingerprint density at radius 1 is 1.21 bits per heavy atom. The van der Waals surface area contributed by atoms with Crippen molar-refractivity contribution in [1.82, 2.24) is 4.90 Å². The summed E-state index contributed by atoms with van der Waals surface area (Å²) in [5.41, 5.74) is 1.97. The minimum Gasteiger partial charge on any atom is -0.480 e. The number of carbonyl (C=O) groups excluding carboxylic acids is 1. The van der Waals surface area contributed by atoms with E-state index in [0.29, 0.717) is 6.54 Å². The molecule has 0 radical (unpaired) electrons. The number of carboxylic acids is 1. The second-order valence-electron chi connectivity index (χ2n) is 5.51. The first-order valence-corrected chi connectivity index (χ1v) is 6.21. The van der Waals surface area contributed by atoms with E-state index in [0.717, 1.165) is 11.1 Å². The fourth-order valence-electron chi connectivity index (χ4n) is 1.82. The molecule has 0 bridgehead atoms. The molecular weight excluding hydrogens is 242 g/mol. The molecule has 104 valence electrons. The van der Waals surface area contributed by atoms with Crippen LogP contribution in [0.25, 0.3) is 0 Å². The summed E-state index contributed by atoms with van der Waals surface area (Å²) in [4.78, 5) is 24.6. The molecular formula is C15H21NO3. The molecule has 0 aliphatic rings. The van der Waals surface area contributed by atoms with E-state index >= 15 is 0 Å². The molecule has 0 saturated heterocycles. The number of hydrogen-bond donors (Lipinski definition) is 1. The Bertz CT molecular complexity index is 506. The molecule has 0 spiro atoms. The van der Waals surface area contributed by atoms with Crippen LogP contribution in [0.4, 0.5) is 0 Å². The Hall–Kier alpha value is -1.84. The van der Waals surface area contributed by atoms with E-state index < -0.39 is 17.3 Å². The fourth-order valence-corrected chi connectivity index (χ4v) is 1.82. The summed E-state index contributed by atoms with van der Waals surface area (Å²) >= 11 is 0. The average molecular weight is 263 g/mol. The van der Waals surface area contributed by atoms with Gasteiger partial charge in [0.15, 0.2) is 0 Å². The third kappa shape index (κ3) is 3.34. The van der Waals surface area contributed by atoms with Gasteiger partial charge in [-0.1, -0.05) is 18.2 Å². The van der Waals surface area contributed by atoms with Crippen molar-refractivity contribution in [2.45, 2.75) is 34.2 Å². The van der Waals surface area contributed by atoms with Crippen LogP contribution in [0.3, 0.4) is 0 Å². The highest BCUT2D eigenvalue weighted by atomic mass is 16.4. The molecule has 4 heteroatoms. The molecule has 0 aliphatic carbocycles. The standard InChI is InChI=1S/C15H21NO3/c1-10-6-7-12(8-11(10)2)9-16(5)13(17)15(3,4)14(18)19/h6-8H,9H2,1-5H3,(H,18,19). The predicted octanol–water partition coefficient (Wildman–Crippen LogP) is 2.37. The maximum Gasteiger partial charge on any atom is 0.318 e. The van der Waals surface area contributed by atoms with Gasteiger partial charge in [-0.05, 0) is 44.4 Å². The van der Waals surface area contributed by atoms with Crippen LogP contribution in [0.2, 0.25) is 0 Å². The minimum atomic E-state index is -1.39. The van der Waals surface area contributed by atoms with Crippen LogP contribution in [0, 0.1) is 19.3 Å². The number of amides is 1. The second-order valence-corrected chi connectivity index (χ2v) is 5.51. The van der Waals surface area contributed by atoms with Crippen molar-refractivity contribution in [2.24, 2.45) is 5.41 Å². The van der Waals surface area contributed by atoms with Gasteiger partial charge in [0.25, 0.3) is 0 Å². The number of nitrogens with zero attached hydrogens (tertiary/aromatic N) is 1. The summed E-state index contributed by atoms with van der Waals surface area (Å²) in [6.45, 7) is 7.31. The molecule has 1 aromatic rings. The molecule has 0 heterocycles. The lowest BCUT2D eigenvalue weighted by atomic mass is 9.92. The molecule has 19 heavy (non-hydrogen) atoms. The van der Waals surface area contributed by atoms with E-state index in [1.54, 1.807) is 7.05 Å². The molecule has 0 saturated carbocycles. The SMILES string of the molecule is Cc1ccc(CN(C)C(=O)C(C)(C)C(=O)O)cc1C. The van der Waals surface area contributed by atoms with E-state index in [1.165, 1.54) is 24.3 Å². The van der Waals surface area contributed by atoms with Crippen LogP contribution in [-0.2, 0) is 16.1 Å². The number of rotatable bonds is 4. The van der Waals surface area contributed by atoms with Crippen molar-refractivity contribution in [3.05, 3.63) is 34.9 Å². The Morgan fingerprint density at radius 3 is 2.26 bits per heavy atom. The molecule has 0 unspecified atom stereocenters. The van der Waals surface area contributed by atoms with Gasteiger partial charge < -0.3 is 10.0 Å². The topological polar surface area (TPSA) is 57.6 Å². The van der Waals surface area contributed by atoms with Gasteiger partial charge in [0, 0.05) is 13.6 Å². The predicted molar refractivity (Wildman–Crippen MR) is 73.8 cm³/mol. The van der Waals surface area contributed by atoms with E-state index in [9.17, 15) is 9.59 Å². The van der Waals surface area contributed by atoms with Crippen LogP contribution in [0.15, 0.2) is 18.2 Å². The molecule has 4 nitrogen and oxygen atoms in total. The van der Waals surface area contributed by atoms with Gasteiger partial charge in [0.2, 0.25) is 5.91 Å². The quantitative estimate of drug-likeness (QED) is 0.848. The highest BCUT2D eigenvalue weighted by Crippen LogP contribution is 2.20. The van der Waals surface area contributed by atoms with Gasteiger partial charge in [-0.3, -0.25) is 9.59 Å². The number of aliphatic carboxylic acids is 1. The van der Waals surface area contributed by atoms with Crippen molar-refractivity contribution >= 4 is 11.9 Å². The first-order chi connectivity index (χ1) is 8.66. The Labute approximate surface area is 114 Å². The van der Waals surface area contributed by atoms with Gasteiger partial charge in [-0.2, -0.15) is 0 Å². The maximum absolute atomic E-state index is 12.1. The Morgan fingerprint density at radius 2 is 1.79 bits per heavy atom. The van der Waals surface area contributed by atoms with Gasteiger partial charge in [-0.15, -0.1) is 0 Å². The first-order valence-electron chi connectivity index (χ1n) is 6.21. The molecule has 1 N–H and O–H groups in total. The maximum atomic E-state index is 12.1. The summed E-state index contributed by atoms with van der Waals surface area (Å²) in [6, 6.07) is 5.98. The van der Waals surface area contributed by atoms with Crippen LogP contribution >= 0.6 is 0 Å². The Kier molecular flexibility index (Phi) is 4.35. The zero-order valence-corrected chi connectivity index (χ0v) is 12.2. The smallest absolute Gasteiger partial charge is 0.318 e. The lowest BCUT2D eigenvalue weighted by molar-refractivity contribution is -0.157. The number of aryl methyl sites for hydroxylation is 2. The summed E-state index contributed by atoms with van der Waals surface area (Å²) in [7, 11) is 1.63. The zero-order chi connectivity index (χ0) is 14.8. The van der Waals surface area contributed by atoms with Gasteiger partial charge in [-0.25, -0.2) is 0 Å². The summed E-state index contributed by atoms with van der Waals surface area (Å²) in [5.74, 6) is -1.50. The Balaban J connectivity index is 2.85. The number of carboxylic acid groups (broad SMARTS) is 1. The monoisotopic (exact) mass is 263 g/mol. The van der Waals surface area contributed by atoms with E-state index in [-0.39, 0.29) is 0 Å². The molecule has 0 aromatic heterocycles. The zero-order valence-electron chi connectivity index (χ0n) is 12.2. The number of benzene rings is 1. The summed E-state index contributed by atoms with van der Waals surface area (Å²) < 4.78 is 0. The van der Waals surface area contributed by atoms with E-state index in [4.69, 9.17) is 5.11 Å². The number of hydrogen-bond acceptors (Lipinski definition) is 2. The van der Waals surface area contributed by atoms with Crippen LogP contribution in [-0.4, -0.2) is 28.9 Å². The normalized spacial score (nSPS) is 11.2. The summed E-state index contributed by atoms with van der Waals surface area (Å²) in [6.07, 6.45) is 0. The van der Waals surface area contributed by atoms with E-state index in [2.05, 4.69) is 0 Å². The van der Waals surface area contributed by atoms with Crippen molar-refractivity contribution in [2.75, 3.05) is 7.05 Å². The molecule has 1 aromatic carbocycles. The van der Waals surface area contributed by atoms with Gasteiger partial charge >= 0.3 is 5.97 Å². The lowest BCUT2D eigenvalue weighted by Gasteiger charge is -2.26. The lowest BCUT2D eigenvalue weighted by Crippen LogP contribution is -2.43. The second kappa shape index (κ2) is 5.43. The van der Waals surface area contributed by atoms with Crippen LogP contribution < -0.4 is 0 Å². The van der Waals surface area contributed by atoms with Crippen LogP contribution in [0.5, 0.6) is 0 Å². The average Bonchev–Trinajstić information content (AvgIpc) is 2.32. The fraction of sp³-hybridized carbons (Fsp3) is 0.467. The van der Waals surface area contributed by atoms with E-state index in [1.807, 2.05) is 32.0 Å². The van der Waals surface area contributed by atoms with Crippen LogP contribution in [0.1, 0.15) is 30.5 Å². The van der Waals surface area contributed by atoms with Gasteiger partial charge in [0.05, 0.1) is 0 Å². The van der Waals surface area contributed by atoms with Gasteiger partial charge in [0.1, 0.15) is 5.41 Å². The van der Waals surface area contributed by atoms with Crippen molar-refractivity contribution < 1.29 is 14.7 Å². The first kappa shape index (κ1) is 15.2. The third-order valence-electron chi connectivity index (χ3n) is 3.41. The minimum absolute atomic E-state index is 0.391. The van der Waals surface area contributed by atoms with Crippen molar-refractivity contribution in [3.8, 4) is 0 Å². The molecule has 0 aliphatic heterocycles. The highest BCUT2D eigenvalue weighted by molar-refractivity contribution is 6.00. The summed E-state index contributed by atoms with van der Waals surface area (Å²) in [5, 5.41) is 9.06. The number of carbonyl (C=O) groups is 2. The largest absolute Gasteiger partial charge is 0.480 e. The highest BCUT2D eigenvalue weighted by Gasteiger charge is 2.38. The molecule has 1 amide bonds. The molecule has 0 fully saturated rings.